The highest BCUT2D eigenvalue weighted by molar-refractivity contribution is 7.86. The highest BCUT2D eigenvalue weighted by Crippen LogP contribution is 2.55. The third-order valence-corrected chi connectivity index (χ3v) is 8.60. The third-order valence-electron chi connectivity index (χ3n) is 6.60. The molecule has 0 aromatic heterocycles. The average Bonchev–Trinajstić information content (AvgIpc) is 3.30. The van der Waals surface area contributed by atoms with Gasteiger partial charge >= 0.3 is 0 Å². The average molecular weight is 412 g/mol. The van der Waals surface area contributed by atoms with E-state index in [0.717, 1.165) is 36.1 Å². The molecule has 29 heavy (non-hydrogen) atoms. The van der Waals surface area contributed by atoms with Gasteiger partial charge in [-0.3, -0.25) is 4.79 Å². The number of amides is 1. The zero-order valence-electron chi connectivity index (χ0n) is 16.3. The molecule has 3 heterocycles. The van der Waals surface area contributed by atoms with Crippen LogP contribution in [0.2, 0.25) is 0 Å². The van der Waals surface area contributed by atoms with E-state index in [4.69, 9.17) is 0 Å². The topological polar surface area (TPSA) is 69.7 Å². The SMILES string of the molecule is O=C1Nc2ccccc2[C@@]12CCN(S(=O)(=O)N1CCCCC1)[C@H]2c1ccccc1. The van der Waals surface area contributed by atoms with Crippen molar-refractivity contribution in [3.05, 3.63) is 65.7 Å². The lowest BCUT2D eigenvalue weighted by Crippen LogP contribution is -2.48. The quantitative estimate of drug-likeness (QED) is 0.844. The number of nitrogens with one attached hydrogen (secondary N) is 1. The first-order chi connectivity index (χ1) is 14.0. The van der Waals surface area contributed by atoms with Crippen LogP contribution in [0.25, 0.3) is 0 Å². The number of anilines is 1. The van der Waals surface area contributed by atoms with E-state index < -0.39 is 21.7 Å². The maximum absolute atomic E-state index is 13.7. The van der Waals surface area contributed by atoms with Gasteiger partial charge in [0.05, 0.1) is 11.5 Å². The van der Waals surface area contributed by atoms with Gasteiger partial charge in [0.2, 0.25) is 5.91 Å². The summed E-state index contributed by atoms with van der Waals surface area (Å²) in [5.74, 6) is -0.108. The van der Waals surface area contributed by atoms with Crippen LogP contribution >= 0.6 is 0 Å². The number of benzene rings is 2. The molecule has 1 N–H and O–H groups in total. The maximum atomic E-state index is 13.7. The number of fused-ring (bicyclic) bond motifs is 2. The van der Waals surface area contributed by atoms with Gasteiger partial charge in [0.15, 0.2) is 0 Å². The van der Waals surface area contributed by atoms with Crippen LogP contribution in [0.3, 0.4) is 0 Å². The molecular formula is C22H25N3O3S. The summed E-state index contributed by atoms with van der Waals surface area (Å²) in [7, 11) is -3.66. The lowest BCUT2D eigenvalue weighted by Gasteiger charge is -2.37. The standard InChI is InChI=1S/C22H25N3O3S/c26-21-22(18-11-5-6-12-19(18)23-21)13-16-25(20(22)17-9-3-1-4-10-17)29(27,28)24-14-7-2-8-15-24/h1,3-6,9-12,20H,2,7-8,13-16H2,(H,23,26)/t20-,22+/m0/s1. The summed E-state index contributed by atoms with van der Waals surface area (Å²) in [4.78, 5) is 13.3. The van der Waals surface area contributed by atoms with E-state index in [9.17, 15) is 13.2 Å². The molecule has 3 aliphatic heterocycles. The number of hydrogen-bond acceptors (Lipinski definition) is 3. The summed E-state index contributed by atoms with van der Waals surface area (Å²) in [6, 6.07) is 16.7. The number of para-hydroxylation sites is 1. The molecule has 0 aliphatic carbocycles. The van der Waals surface area contributed by atoms with E-state index in [1.54, 1.807) is 8.61 Å². The summed E-state index contributed by atoms with van der Waals surface area (Å²) >= 11 is 0. The predicted molar refractivity (Wildman–Crippen MR) is 112 cm³/mol. The van der Waals surface area contributed by atoms with Gasteiger partial charge in [-0.1, -0.05) is 55.0 Å². The van der Waals surface area contributed by atoms with Crippen LogP contribution in [0.1, 0.15) is 42.9 Å². The van der Waals surface area contributed by atoms with Crippen molar-refractivity contribution in [1.29, 1.82) is 0 Å². The van der Waals surface area contributed by atoms with E-state index in [1.807, 2.05) is 54.6 Å². The Hall–Kier alpha value is -2.22. The van der Waals surface area contributed by atoms with Gasteiger partial charge in [-0.15, -0.1) is 0 Å². The molecule has 2 aromatic carbocycles. The van der Waals surface area contributed by atoms with Gasteiger partial charge < -0.3 is 5.32 Å². The van der Waals surface area contributed by atoms with E-state index in [1.165, 1.54) is 0 Å². The van der Waals surface area contributed by atoms with Crippen molar-refractivity contribution in [3.63, 3.8) is 0 Å². The summed E-state index contributed by atoms with van der Waals surface area (Å²) in [5, 5.41) is 3.01. The highest BCUT2D eigenvalue weighted by atomic mass is 32.2. The normalized spacial score (nSPS) is 27.9. The molecule has 0 radical (unpaired) electrons. The van der Waals surface area contributed by atoms with Crippen molar-refractivity contribution in [1.82, 2.24) is 8.61 Å². The molecule has 0 bridgehead atoms. The number of hydrogen-bond donors (Lipinski definition) is 1. The first-order valence-electron chi connectivity index (χ1n) is 10.3. The number of nitrogens with zero attached hydrogens (tertiary/aromatic N) is 2. The molecule has 6 nitrogen and oxygen atoms in total. The second kappa shape index (κ2) is 6.93. The van der Waals surface area contributed by atoms with Crippen LogP contribution in [0, 0.1) is 0 Å². The number of rotatable bonds is 3. The Bertz CT molecular complexity index is 1030. The Morgan fingerprint density at radius 1 is 0.897 bits per heavy atom. The van der Waals surface area contributed by atoms with Crippen molar-refractivity contribution in [2.45, 2.75) is 37.1 Å². The fourth-order valence-electron chi connectivity index (χ4n) is 5.23. The van der Waals surface area contributed by atoms with Crippen LogP contribution in [-0.4, -0.2) is 42.6 Å². The fraction of sp³-hybridized carbons (Fsp3) is 0.409. The Balaban J connectivity index is 1.66. The molecule has 2 atom stereocenters. The second-order valence-corrected chi connectivity index (χ2v) is 9.99. The lowest BCUT2D eigenvalue weighted by molar-refractivity contribution is -0.121. The van der Waals surface area contributed by atoms with Gasteiger partial charge in [-0.2, -0.15) is 17.0 Å². The number of piperidine rings is 1. The van der Waals surface area contributed by atoms with Crippen LogP contribution in [0.5, 0.6) is 0 Å². The molecule has 152 valence electrons. The van der Waals surface area contributed by atoms with Gasteiger partial charge in [0.25, 0.3) is 10.2 Å². The summed E-state index contributed by atoms with van der Waals surface area (Å²) in [6.45, 7) is 1.44. The minimum absolute atomic E-state index is 0.108. The van der Waals surface area contributed by atoms with Crippen molar-refractivity contribution < 1.29 is 13.2 Å². The monoisotopic (exact) mass is 411 g/mol. The van der Waals surface area contributed by atoms with E-state index in [0.29, 0.717) is 26.1 Å². The summed E-state index contributed by atoms with van der Waals surface area (Å²) < 4.78 is 30.5. The maximum Gasteiger partial charge on any atom is 0.282 e. The first-order valence-corrected chi connectivity index (χ1v) is 11.7. The lowest BCUT2D eigenvalue weighted by atomic mass is 9.73. The van der Waals surface area contributed by atoms with Crippen molar-refractivity contribution in [2.24, 2.45) is 0 Å². The number of carbonyl (C=O) groups is 1. The minimum atomic E-state index is -3.66. The molecule has 1 spiro atoms. The molecule has 0 saturated carbocycles. The molecule has 3 aliphatic rings. The molecule has 1 amide bonds. The molecule has 2 aromatic rings. The zero-order chi connectivity index (χ0) is 20.1. The van der Waals surface area contributed by atoms with Crippen LogP contribution < -0.4 is 5.32 Å². The molecule has 2 saturated heterocycles. The van der Waals surface area contributed by atoms with Crippen molar-refractivity contribution in [2.75, 3.05) is 25.0 Å². The van der Waals surface area contributed by atoms with Crippen LogP contribution in [0.15, 0.2) is 54.6 Å². The largest absolute Gasteiger partial charge is 0.325 e. The smallest absolute Gasteiger partial charge is 0.282 e. The Morgan fingerprint density at radius 3 is 2.34 bits per heavy atom. The van der Waals surface area contributed by atoms with E-state index >= 15 is 0 Å². The third kappa shape index (κ3) is 2.75. The van der Waals surface area contributed by atoms with E-state index in [-0.39, 0.29) is 5.91 Å². The molecule has 5 rings (SSSR count). The molecule has 7 heteroatoms. The Kier molecular flexibility index (Phi) is 4.49. The molecular weight excluding hydrogens is 386 g/mol. The van der Waals surface area contributed by atoms with Gasteiger partial charge in [-0.25, -0.2) is 0 Å². The van der Waals surface area contributed by atoms with Gasteiger partial charge in [-0.05, 0) is 36.5 Å². The van der Waals surface area contributed by atoms with Crippen molar-refractivity contribution in [3.8, 4) is 0 Å². The summed E-state index contributed by atoms with van der Waals surface area (Å²) in [5.41, 5.74) is 1.64. The van der Waals surface area contributed by atoms with Crippen molar-refractivity contribution >= 4 is 21.8 Å². The predicted octanol–water partition coefficient (Wildman–Crippen LogP) is 3.05. The fourth-order valence-corrected chi connectivity index (χ4v) is 7.14. The second-order valence-electron chi connectivity index (χ2n) is 8.11. The summed E-state index contributed by atoms with van der Waals surface area (Å²) in [6.07, 6.45) is 3.31. The van der Waals surface area contributed by atoms with E-state index in [2.05, 4.69) is 5.32 Å². The number of carbonyl (C=O) groups excluding carboxylic acids is 1. The minimum Gasteiger partial charge on any atom is -0.325 e. The first kappa shape index (κ1) is 18.8. The Morgan fingerprint density at radius 2 is 1.59 bits per heavy atom. The molecule has 0 unspecified atom stereocenters. The van der Waals surface area contributed by atoms with Crippen LogP contribution in [-0.2, 0) is 20.4 Å². The highest BCUT2D eigenvalue weighted by Gasteiger charge is 2.61. The van der Waals surface area contributed by atoms with Crippen LogP contribution in [0.4, 0.5) is 5.69 Å². The van der Waals surface area contributed by atoms with Gasteiger partial charge in [0, 0.05) is 25.3 Å². The molecule has 2 fully saturated rings. The Labute approximate surface area is 171 Å². The van der Waals surface area contributed by atoms with Gasteiger partial charge in [0.1, 0.15) is 0 Å². The zero-order valence-corrected chi connectivity index (χ0v) is 17.1.